The fraction of sp³-hybridized carbons (Fsp3) is 0.844. The summed E-state index contributed by atoms with van der Waals surface area (Å²) in [5.74, 6) is -1.30. The molecule has 1 aliphatic carbocycles. The Balaban J connectivity index is 2.79. The number of carbonyl (C=O) groups is 5. The number of nitrogens with two attached hydrogens (primary N) is 1. The van der Waals surface area contributed by atoms with Gasteiger partial charge < -0.3 is 35.9 Å². The zero-order valence-electron chi connectivity index (χ0n) is 28.4. The van der Waals surface area contributed by atoms with Crippen molar-refractivity contribution in [3.8, 4) is 0 Å². The van der Waals surface area contributed by atoms with Gasteiger partial charge in [-0.1, -0.05) is 0 Å². The predicted molar refractivity (Wildman–Crippen MR) is 167 cm³/mol. The topological polar surface area (TPSA) is 175 Å². The smallest absolute Gasteiger partial charge is 0.329 e. The van der Waals surface area contributed by atoms with Gasteiger partial charge in [-0.05, 0) is 126 Å². The Hall–Kier alpha value is -2.89. The molecular weight excluding hydrogens is 568 g/mol. The molecule has 3 amide bonds. The molecule has 12 heteroatoms. The lowest BCUT2D eigenvalue weighted by Crippen LogP contribution is -2.53. The van der Waals surface area contributed by atoms with E-state index in [1.165, 1.54) is 0 Å². The molecule has 0 aromatic heterocycles. The maximum atomic E-state index is 13.1. The third-order valence-corrected chi connectivity index (χ3v) is 6.82. The van der Waals surface area contributed by atoms with Gasteiger partial charge in [0.25, 0.3) is 0 Å². The van der Waals surface area contributed by atoms with Crippen LogP contribution in [0.5, 0.6) is 0 Å². The molecule has 0 aliphatic heterocycles. The number of esters is 3. The number of rotatable bonds is 14. The molecule has 2 atom stereocenters. The van der Waals surface area contributed by atoms with E-state index in [0.717, 1.165) is 25.7 Å². The summed E-state index contributed by atoms with van der Waals surface area (Å²) >= 11 is 0. The van der Waals surface area contributed by atoms with Crippen LogP contribution in [0.4, 0.5) is 4.79 Å². The van der Waals surface area contributed by atoms with Gasteiger partial charge in [0.05, 0.1) is 0 Å². The number of carbonyl (C=O) groups excluding carboxylic acids is 5. The van der Waals surface area contributed by atoms with Gasteiger partial charge in [0.15, 0.2) is 0 Å². The van der Waals surface area contributed by atoms with E-state index in [0.29, 0.717) is 31.8 Å². The van der Waals surface area contributed by atoms with Gasteiger partial charge in [-0.2, -0.15) is 0 Å². The third kappa shape index (κ3) is 17.4. The van der Waals surface area contributed by atoms with Gasteiger partial charge in [0, 0.05) is 18.9 Å². The average molecular weight is 627 g/mol. The van der Waals surface area contributed by atoms with Crippen molar-refractivity contribution in [3.05, 3.63) is 0 Å². The number of ether oxygens (including phenoxy) is 3. The van der Waals surface area contributed by atoms with Gasteiger partial charge in [0.2, 0.25) is 5.91 Å². The lowest BCUT2D eigenvalue weighted by Gasteiger charge is -2.27. The standard InChI is InChI=1S/C32H58N4O8/c1-30(2,3)42-25(37)18-17-24(28(40)44-32(7,8)9)36-29(41)35-23(27(39)43-31(4,5)6)12-10-11-19-34-26(38)22-15-13-21(20-33)14-16-22/h21-24H,10-20,33H2,1-9H3,(H,34,38)(H2,35,36,41)/t21?,22?,23-,24-/m0/s1. The quantitative estimate of drug-likeness (QED) is 0.127. The van der Waals surface area contributed by atoms with Crippen LogP contribution in [-0.2, 0) is 33.4 Å². The van der Waals surface area contributed by atoms with Crippen molar-refractivity contribution in [1.82, 2.24) is 16.0 Å². The minimum absolute atomic E-state index is 0.00547. The zero-order valence-corrected chi connectivity index (χ0v) is 28.4. The summed E-state index contributed by atoms with van der Waals surface area (Å²) in [6.07, 6.45) is 4.83. The maximum Gasteiger partial charge on any atom is 0.329 e. The number of hydrogen-bond donors (Lipinski definition) is 4. The summed E-state index contributed by atoms with van der Waals surface area (Å²) in [5.41, 5.74) is 3.45. The molecule has 0 saturated heterocycles. The highest BCUT2D eigenvalue weighted by atomic mass is 16.6. The van der Waals surface area contributed by atoms with Gasteiger partial charge in [-0.15, -0.1) is 0 Å². The van der Waals surface area contributed by atoms with Gasteiger partial charge in [0.1, 0.15) is 28.9 Å². The molecule has 0 radical (unpaired) electrons. The molecule has 12 nitrogen and oxygen atoms in total. The fourth-order valence-electron chi connectivity index (χ4n) is 4.75. The Morgan fingerprint density at radius 3 is 1.64 bits per heavy atom. The Bertz CT molecular complexity index is 957. The molecule has 0 heterocycles. The van der Waals surface area contributed by atoms with Crippen LogP contribution >= 0.6 is 0 Å². The minimum Gasteiger partial charge on any atom is -0.460 e. The fourth-order valence-corrected chi connectivity index (χ4v) is 4.75. The van der Waals surface area contributed by atoms with E-state index in [2.05, 4.69) is 16.0 Å². The number of amides is 3. The highest BCUT2D eigenvalue weighted by Crippen LogP contribution is 2.28. The van der Waals surface area contributed by atoms with E-state index in [9.17, 15) is 24.0 Å². The van der Waals surface area contributed by atoms with Crippen LogP contribution in [0.2, 0.25) is 0 Å². The average Bonchev–Trinajstić information content (AvgIpc) is 2.87. The molecular formula is C32H58N4O8. The number of hydrogen-bond acceptors (Lipinski definition) is 9. The first-order chi connectivity index (χ1) is 20.2. The normalized spacial score (nSPS) is 18.8. The van der Waals surface area contributed by atoms with E-state index in [4.69, 9.17) is 19.9 Å². The van der Waals surface area contributed by atoms with Crippen molar-refractivity contribution in [3.63, 3.8) is 0 Å². The first kappa shape index (κ1) is 39.1. The molecule has 1 rings (SSSR count). The lowest BCUT2D eigenvalue weighted by molar-refractivity contribution is -0.159. The van der Waals surface area contributed by atoms with Crippen LogP contribution < -0.4 is 21.7 Å². The molecule has 0 bridgehead atoms. The molecule has 0 aromatic carbocycles. The Morgan fingerprint density at radius 1 is 0.705 bits per heavy atom. The van der Waals surface area contributed by atoms with Crippen LogP contribution in [0, 0.1) is 11.8 Å². The minimum atomic E-state index is -1.16. The molecule has 1 saturated carbocycles. The van der Waals surface area contributed by atoms with Gasteiger partial charge in [-0.3, -0.25) is 9.59 Å². The van der Waals surface area contributed by atoms with Crippen LogP contribution in [-0.4, -0.2) is 71.8 Å². The molecule has 0 aromatic rings. The zero-order chi connectivity index (χ0) is 33.7. The van der Waals surface area contributed by atoms with Crippen molar-refractivity contribution in [2.75, 3.05) is 13.1 Å². The first-order valence-corrected chi connectivity index (χ1v) is 15.9. The second-order valence-electron chi connectivity index (χ2n) is 14.7. The monoisotopic (exact) mass is 626 g/mol. The second kappa shape index (κ2) is 17.6. The van der Waals surface area contributed by atoms with Crippen molar-refractivity contribution >= 4 is 29.8 Å². The summed E-state index contributed by atoms with van der Waals surface area (Å²) in [7, 11) is 0. The summed E-state index contributed by atoms with van der Waals surface area (Å²) < 4.78 is 16.3. The van der Waals surface area contributed by atoms with E-state index >= 15 is 0 Å². The molecule has 0 spiro atoms. The van der Waals surface area contributed by atoms with Crippen LogP contribution in [0.1, 0.15) is 120 Å². The molecule has 1 fully saturated rings. The third-order valence-electron chi connectivity index (χ3n) is 6.82. The predicted octanol–water partition coefficient (Wildman–Crippen LogP) is 3.88. The molecule has 5 N–H and O–H groups in total. The van der Waals surface area contributed by atoms with E-state index in [1.54, 1.807) is 62.3 Å². The molecule has 254 valence electrons. The van der Waals surface area contributed by atoms with E-state index in [-0.39, 0.29) is 31.1 Å². The summed E-state index contributed by atoms with van der Waals surface area (Å²) in [6.45, 7) is 16.6. The van der Waals surface area contributed by atoms with Gasteiger partial charge >= 0.3 is 23.9 Å². The van der Waals surface area contributed by atoms with E-state index in [1.807, 2.05) is 0 Å². The largest absolute Gasteiger partial charge is 0.460 e. The van der Waals surface area contributed by atoms with E-state index < -0.39 is 52.8 Å². The van der Waals surface area contributed by atoms with Gasteiger partial charge in [-0.25, -0.2) is 14.4 Å². The van der Waals surface area contributed by atoms with Crippen molar-refractivity contribution in [2.24, 2.45) is 17.6 Å². The summed E-state index contributed by atoms with van der Waals surface area (Å²) in [4.78, 5) is 63.8. The first-order valence-electron chi connectivity index (χ1n) is 15.9. The number of unbranched alkanes of at least 4 members (excludes halogenated alkanes) is 1. The summed E-state index contributed by atoms with van der Waals surface area (Å²) in [6, 6.07) is -2.93. The SMILES string of the molecule is CC(C)(C)OC(=O)CC[C@H](NC(=O)N[C@@H](CCCCNC(=O)C1CCC(CN)CC1)C(=O)OC(C)(C)C)C(=O)OC(C)(C)C. The van der Waals surface area contributed by atoms with Crippen LogP contribution in [0.25, 0.3) is 0 Å². The number of nitrogens with one attached hydrogen (secondary N) is 3. The molecule has 0 unspecified atom stereocenters. The van der Waals surface area contributed by atoms with Crippen molar-refractivity contribution < 1.29 is 38.2 Å². The maximum absolute atomic E-state index is 13.1. The summed E-state index contributed by atoms with van der Waals surface area (Å²) in [5, 5.41) is 8.18. The Morgan fingerprint density at radius 2 is 1.18 bits per heavy atom. The highest BCUT2D eigenvalue weighted by molar-refractivity contribution is 5.87. The number of urea groups is 1. The molecule has 1 aliphatic rings. The van der Waals surface area contributed by atoms with Crippen molar-refractivity contribution in [1.29, 1.82) is 0 Å². The Labute approximate surface area is 263 Å². The van der Waals surface area contributed by atoms with Crippen LogP contribution in [0.15, 0.2) is 0 Å². The Kier molecular flexibility index (Phi) is 15.6. The van der Waals surface area contributed by atoms with Crippen molar-refractivity contribution in [2.45, 2.75) is 149 Å². The molecule has 44 heavy (non-hydrogen) atoms. The second-order valence-corrected chi connectivity index (χ2v) is 14.7. The van der Waals surface area contributed by atoms with Crippen LogP contribution in [0.3, 0.4) is 0 Å². The lowest BCUT2D eigenvalue weighted by atomic mass is 9.81. The highest BCUT2D eigenvalue weighted by Gasteiger charge is 2.31.